The molecule has 0 spiro atoms. The molecule has 0 unspecified atom stereocenters. The Labute approximate surface area is 154 Å². The number of rotatable bonds is 4. The second-order valence-electron chi connectivity index (χ2n) is 6.29. The van der Waals surface area contributed by atoms with Crippen molar-refractivity contribution in [1.82, 2.24) is 24.5 Å². The maximum atomic E-state index is 13.8. The number of nitrogens with zero attached hydrogens (tertiary/aromatic N) is 5. The lowest BCUT2D eigenvalue weighted by atomic mass is 10.1. The van der Waals surface area contributed by atoms with Gasteiger partial charge in [0.25, 0.3) is 5.91 Å². The van der Waals surface area contributed by atoms with Gasteiger partial charge in [-0.2, -0.15) is 10.2 Å². The van der Waals surface area contributed by atoms with Gasteiger partial charge in [0.05, 0.1) is 35.6 Å². The van der Waals surface area contributed by atoms with E-state index >= 15 is 0 Å². The average Bonchev–Trinajstić information content (AvgIpc) is 3.23. The summed E-state index contributed by atoms with van der Waals surface area (Å²) in [5.41, 5.74) is 2.93. The van der Waals surface area contributed by atoms with Crippen LogP contribution in [0.15, 0.2) is 48.9 Å². The quantitative estimate of drug-likeness (QED) is 0.604. The average molecular weight is 364 g/mol. The van der Waals surface area contributed by atoms with E-state index in [2.05, 4.69) is 20.5 Å². The number of fused-ring (bicyclic) bond motifs is 1. The zero-order chi connectivity index (χ0) is 19.0. The zero-order valence-electron chi connectivity index (χ0n) is 14.8. The lowest BCUT2D eigenvalue weighted by Crippen LogP contribution is -2.13. The molecule has 4 rings (SSSR count). The number of hydrogen-bond donors (Lipinski definition) is 1. The molecule has 27 heavy (non-hydrogen) atoms. The third kappa shape index (κ3) is 3.29. The molecule has 0 atom stereocenters. The molecular weight excluding hydrogens is 347 g/mol. The van der Waals surface area contributed by atoms with Gasteiger partial charge in [0.2, 0.25) is 0 Å². The van der Waals surface area contributed by atoms with E-state index in [9.17, 15) is 9.18 Å². The Balaban J connectivity index is 1.56. The van der Waals surface area contributed by atoms with Crippen LogP contribution in [0.25, 0.3) is 11.0 Å². The Morgan fingerprint density at radius 2 is 2.04 bits per heavy atom. The fourth-order valence-corrected chi connectivity index (χ4v) is 2.94. The SMILES string of the molecule is Cc1cc(C(=O)Nc2cnn(Cc3ccccc3F)c2)c2cnn(C)c2n1. The van der Waals surface area contributed by atoms with Gasteiger partial charge in [0.1, 0.15) is 5.82 Å². The summed E-state index contributed by atoms with van der Waals surface area (Å²) < 4.78 is 17.0. The zero-order valence-corrected chi connectivity index (χ0v) is 14.8. The number of hydrogen-bond acceptors (Lipinski definition) is 4. The molecule has 0 saturated carbocycles. The standard InChI is InChI=1S/C19H17FN6O/c1-12-7-15(16-9-21-25(2)18(16)23-12)19(27)24-14-8-22-26(11-14)10-13-5-3-4-6-17(13)20/h3-9,11H,10H2,1-2H3,(H,24,27). The van der Waals surface area contributed by atoms with Crippen molar-refractivity contribution in [2.45, 2.75) is 13.5 Å². The van der Waals surface area contributed by atoms with Crippen molar-refractivity contribution < 1.29 is 9.18 Å². The topological polar surface area (TPSA) is 77.6 Å². The van der Waals surface area contributed by atoms with Gasteiger partial charge in [-0.3, -0.25) is 14.2 Å². The summed E-state index contributed by atoms with van der Waals surface area (Å²) in [6, 6.07) is 8.25. The third-order valence-corrected chi connectivity index (χ3v) is 4.26. The number of benzene rings is 1. The normalized spacial score (nSPS) is 11.1. The fourth-order valence-electron chi connectivity index (χ4n) is 2.94. The van der Waals surface area contributed by atoms with Gasteiger partial charge in [0.15, 0.2) is 5.65 Å². The molecule has 1 N–H and O–H groups in total. The highest BCUT2D eigenvalue weighted by atomic mass is 19.1. The smallest absolute Gasteiger partial charge is 0.256 e. The fraction of sp³-hybridized carbons (Fsp3) is 0.158. The van der Waals surface area contributed by atoms with E-state index in [1.165, 1.54) is 12.3 Å². The molecule has 3 heterocycles. The Bertz CT molecular complexity index is 1150. The number of aromatic nitrogens is 5. The summed E-state index contributed by atoms with van der Waals surface area (Å²) in [5.74, 6) is -0.561. The predicted molar refractivity (Wildman–Crippen MR) is 98.9 cm³/mol. The van der Waals surface area contributed by atoms with E-state index < -0.39 is 0 Å². The van der Waals surface area contributed by atoms with E-state index in [0.717, 1.165) is 5.69 Å². The van der Waals surface area contributed by atoms with Crippen molar-refractivity contribution in [2.24, 2.45) is 7.05 Å². The summed E-state index contributed by atoms with van der Waals surface area (Å²) in [4.78, 5) is 17.2. The number of amides is 1. The van der Waals surface area contributed by atoms with Gasteiger partial charge in [-0.15, -0.1) is 0 Å². The van der Waals surface area contributed by atoms with E-state index in [-0.39, 0.29) is 18.3 Å². The van der Waals surface area contributed by atoms with Crippen LogP contribution in [0.3, 0.4) is 0 Å². The first-order chi connectivity index (χ1) is 13.0. The Kier molecular flexibility index (Phi) is 4.15. The van der Waals surface area contributed by atoms with Crippen molar-refractivity contribution in [3.05, 3.63) is 71.6 Å². The number of carbonyl (C=O) groups excluding carboxylic acids is 1. The molecule has 0 fully saturated rings. The number of carbonyl (C=O) groups is 1. The van der Waals surface area contributed by atoms with Crippen LogP contribution in [0.1, 0.15) is 21.6 Å². The molecule has 8 heteroatoms. The van der Waals surface area contributed by atoms with E-state index in [1.54, 1.807) is 53.1 Å². The van der Waals surface area contributed by atoms with Crippen LogP contribution in [-0.4, -0.2) is 30.5 Å². The van der Waals surface area contributed by atoms with Crippen LogP contribution in [0.4, 0.5) is 10.1 Å². The van der Waals surface area contributed by atoms with Gasteiger partial charge >= 0.3 is 0 Å². The number of nitrogens with one attached hydrogen (secondary N) is 1. The molecule has 1 aromatic carbocycles. The molecule has 0 saturated heterocycles. The lowest BCUT2D eigenvalue weighted by molar-refractivity contribution is 0.102. The number of pyridine rings is 1. The molecule has 4 aromatic rings. The van der Waals surface area contributed by atoms with Crippen LogP contribution in [0.5, 0.6) is 0 Å². The van der Waals surface area contributed by atoms with Crippen molar-refractivity contribution >= 4 is 22.6 Å². The summed E-state index contributed by atoms with van der Waals surface area (Å²) in [6.07, 6.45) is 4.82. The molecule has 0 aliphatic heterocycles. The minimum absolute atomic E-state index is 0.274. The van der Waals surface area contributed by atoms with Crippen molar-refractivity contribution in [2.75, 3.05) is 5.32 Å². The van der Waals surface area contributed by atoms with E-state index in [0.29, 0.717) is 27.8 Å². The molecule has 0 aliphatic carbocycles. The Morgan fingerprint density at radius 1 is 1.22 bits per heavy atom. The summed E-state index contributed by atoms with van der Waals surface area (Å²) in [5, 5.41) is 11.9. The number of aryl methyl sites for hydroxylation is 2. The summed E-state index contributed by atoms with van der Waals surface area (Å²) >= 11 is 0. The van der Waals surface area contributed by atoms with Crippen molar-refractivity contribution in [3.63, 3.8) is 0 Å². The minimum atomic E-state index is -0.287. The molecule has 7 nitrogen and oxygen atoms in total. The monoisotopic (exact) mass is 364 g/mol. The van der Waals surface area contributed by atoms with Crippen LogP contribution >= 0.6 is 0 Å². The maximum absolute atomic E-state index is 13.8. The van der Waals surface area contributed by atoms with Crippen LogP contribution in [0, 0.1) is 12.7 Å². The molecule has 136 valence electrons. The largest absolute Gasteiger partial charge is 0.319 e. The highest BCUT2D eigenvalue weighted by molar-refractivity contribution is 6.11. The van der Waals surface area contributed by atoms with Gasteiger partial charge < -0.3 is 5.32 Å². The first-order valence-corrected chi connectivity index (χ1v) is 8.38. The first kappa shape index (κ1) is 16.9. The number of halogens is 1. The third-order valence-electron chi connectivity index (χ3n) is 4.26. The van der Waals surface area contributed by atoms with Crippen LogP contribution in [0.2, 0.25) is 0 Å². The maximum Gasteiger partial charge on any atom is 0.256 e. The highest BCUT2D eigenvalue weighted by Crippen LogP contribution is 2.19. The van der Waals surface area contributed by atoms with Gasteiger partial charge in [-0.1, -0.05) is 18.2 Å². The van der Waals surface area contributed by atoms with E-state index in [1.807, 2.05) is 6.92 Å². The first-order valence-electron chi connectivity index (χ1n) is 8.38. The molecule has 3 aromatic heterocycles. The van der Waals surface area contributed by atoms with Crippen molar-refractivity contribution in [1.29, 1.82) is 0 Å². The van der Waals surface area contributed by atoms with Crippen molar-refractivity contribution in [3.8, 4) is 0 Å². The van der Waals surface area contributed by atoms with Crippen LogP contribution in [-0.2, 0) is 13.6 Å². The van der Waals surface area contributed by atoms with E-state index in [4.69, 9.17) is 0 Å². The number of anilines is 1. The van der Waals surface area contributed by atoms with Gasteiger partial charge in [0, 0.05) is 24.5 Å². The second-order valence-corrected chi connectivity index (χ2v) is 6.29. The Morgan fingerprint density at radius 3 is 2.85 bits per heavy atom. The second kappa shape index (κ2) is 6.64. The molecule has 0 bridgehead atoms. The summed E-state index contributed by atoms with van der Waals surface area (Å²) in [7, 11) is 1.78. The minimum Gasteiger partial charge on any atom is -0.319 e. The molecule has 1 amide bonds. The summed E-state index contributed by atoms with van der Waals surface area (Å²) in [6.45, 7) is 2.11. The Hall–Kier alpha value is -3.55. The lowest BCUT2D eigenvalue weighted by Gasteiger charge is -2.06. The predicted octanol–water partition coefficient (Wildman–Crippen LogP) is 2.91. The molecule has 0 radical (unpaired) electrons. The van der Waals surface area contributed by atoms with Gasteiger partial charge in [-0.05, 0) is 19.1 Å². The van der Waals surface area contributed by atoms with Gasteiger partial charge in [-0.25, -0.2) is 9.37 Å². The molecule has 0 aliphatic rings. The molecular formula is C19H17FN6O. The van der Waals surface area contributed by atoms with Crippen LogP contribution < -0.4 is 5.32 Å². The highest BCUT2D eigenvalue weighted by Gasteiger charge is 2.15.